The Hall–Kier alpha value is -0.900. The lowest BCUT2D eigenvalue weighted by Gasteiger charge is -2.23. The first-order chi connectivity index (χ1) is 7.24. The molecule has 0 radical (unpaired) electrons. The molecule has 1 aromatic rings. The van der Waals surface area contributed by atoms with Crippen LogP contribution in [0, 0.1) is 5.92 Å². The van der Waals surface area contributed by atoms with E-state index in [0.29, 0.717) is 12.6 Å². The van der Waals surface area contributed by atoms with Crippen LogP contribution >= 0.6 is 0 Å². The highest BCUT2D eigenvalue weighted by Crippen LogP contribution is 2.29. The van der Waals surface area contributed by atoms with Gasteiger partial charge in [-0.25, -0.2) is 0 Å². The molecule has 0 bridgehead atoms. The predicted octanol–water partition coefficient (Wildman–Crippen LogP) is 1.91. The predicted molar refractivity (Wildman–Crippen MR) is 57.3 cm³/mol. The first kappa shape index (κ1) is 10.6. The molecule has 4 nitrogen and oxygen atoms in total. The van der Waals surface area contributed by atoms with Crippen molar-refractivity contribution in [2.75, 3.05) is 0 Å². The van der Waals surface area contributed by atoms with Gasteiger partial charge in [-0.1, -0.05) is 25.4 Å². The van der Waals surface area contributed by atoms with Crippen LogP contribution in [0.4, 0.5) is 0 Å². The van der Waals surface area contributed by atoms with E-state index < -0.39 is 0 Å². The van der Waals surface area contributed by atoms with E-state index in [1.54, 1.807) is 0 Å². The number of rotatable bonds is 5. The summed E-state index contributed by atoms with van der Waals surface area (Å²) >= 11 is 0. The second-order valence-electron chi connectivity index (χ2n) is 4.64. The maximum Gasteiger partial charge on any atom is 0.226 e. The molecule has 1 aliphatic carbocycles. The summed E-state index contributed by atoms with van der Waals surface area (Å²) in [5, 5.41) is 7.22. The Labute approximate surface area is 90.4 Å². The third-order valence-corrected chi connectivity index (χ3v) is 2.87. The summed E-state index contributed by atoms with van der Waals surface area (Å²) in [7, 11) is 0. The lowest BCUT2D eigenvalue weighted by molar-refractivity contribution is 0.273. The van der Waals surface area contributed by atoms with E-state index in [4.69, 9.17) is 4.52 Å². The first-order valence-electron chi connectivity index (χ1n) is 5.79. The Kier molecular flexibility index (Phi) is 3.36. The second-order valence-corrected chi connectivity index (χ2v) is 4.64. The quantitative estimate of drug-likeness (QED) is 0.804. The number of nitrogens with one attached hydrogen (secondary N) is 1. The van der Waals surface area contributed by atoms with Gasteiger partial charge >= 0.3 is 0 Å². The monoisotopic (exact) mass is 209 g/mol. The van der Waals surface area contributed by atoms with E-state index >= 15 is 0 Å². The Bertz CT molecular complexity index is 305. The molecule has 0 saturated heterocycles. The van der Waals surface area contributed by atoms with Gasteiger partial charge in [0.05, 0.1) is 6.54 Å². The lowest BCUT2D eigenvalue weighted by atomic mass is 9.83. The fourth-order valence-corrected chi connectivity index (χ4v) is 1.68. The molecule has 1 fully saturated rings. The van der Waals surface area contributed by atoms with Gasteiger partial charge in [0.15, 0.2) is 5.82 Å². The molecule has 2 rings (SSSR count). The fraction of sp³-hybridized carbons (Fsp3) is 0.818. The smallest absolute Gasteiger partial charge is 0.226 e. The van der Waals surface area contributed by atoms with E-state index in [0.717, 1.165) is 24.1 Å². The van der Waals surface area contributed by atoms with Gasteiger partial charge in [0.2, 0.25) is 5.89 Å². The normalized spacial score (nSPS) is 17.0. The van der Waals surface area contributed by atoms with Crippen molar-refractivity contribution in [2.24, 2.45) is 5.92 Å². The van der Waals surface area contributed by atoms with Crippen LogP contribution in [0.3, 0.4) is 0 Å². The van der Waals surface area contributed by atoms with Gasteiger partial charge in [-0.3, -0.25) is 0 Å². The van der Waals surface area contributed by atoms with Gasteiger partial charge < -0.3 is 9.84 Å². The number of hydrogen-bond acceptors (Lipinski definition) is 4. The minimum absolute atomic E-state index is 0.457. The average Bonchev–Trinajstić information content (AvgIpc) is 2.56. The molecular formula is C11H19N3O. The van der Waals surface area contributed by atoms with Crippen LogP contribution in [0.5, 0.6) is 0 Å². The van der Waals surface area contributed by atoms with E-state index in [-0.39, 0.29) is 0 Å². The van der Waals surface area contributed by atoms with Crippen molar-refractivity contribution in [3.63, 3.8) is 0 Å². The van der Waals surface area contributed by atoms with Crippen molar-refractivity contribution in [3.8, 4) is 0 Å². The Morgan fingerprint density at radius 1 is 1.47 bits per heavy atom. The molecule has 15 heavy (non-hydrogen) atoms. The minimum atomic E-state index is 0.457. The summed E-state index contributed by atoms with van der Waals surface area (Å²) in [5.74, 6) is 2.37. The Balaban J connectivity index is 1.80. The summed E-state index contributed by atoms with van der Waals surface area (Å²) in [6.45, 7) is 4.91. The van der Waals surface area contributed by atoms with Gasteiger partial charge in [-0.05, 0) is 18.8 Å². The minimum Gasteiger partial charge on any atom is -0.339 e. The maximum absolute atomic E-state index is 5.20. The van der Waals surface area contributed by atoms with Crippen LogP contribution in [0.15, 0.2) is 4.52 Å². The number of aromatic nitrogens is 2. The van der Waals surface area contributed by atoms with Crippen molar-refractivity contribution in [1.29, 1.82) is 0 Å². The molecule has 1 aromatic heterocycles. The van der Waals surface area contributed by atoms with Crippen molar-refractivity contribution in [1.82, 2.24) is 15.5 Å². The van der Waals surface area contributed by atoms with Gasteiger partial charge in [-0.2, -0.15) is 4.98 Å². The third kappa shape index (κ3) is 3.02. The van der Waals surface area contributed by atoms with Crippen molar-refractivity contribution in [3.05, 3.63) is 11.7 Å². The summed E-state index contributed by atoms with van der Waals surface area (Å²) in [6, 6.07) is 0.457. The molecular weight excluding hydrogens is 190 g/mol. The SMILES string of the molecule is CC(C)NCc1noc(CC2CCC2)n1. The molecule has 1 aliphatic rings. The highest BCUT2D eigenvalue weighted by Gasteiger charge is 2.20. The molecule has 84 valence electrons. The Morgan fingerprint density at radius 2 is 2.27 bits per heavy atom. The van der Waals surface area contributed by atoms with Gasteiger partial charge in [0.1, 0.15) is 0 Å². The van der Waals surface area contributed by atoms with Crippen LogP contribution in [-0.2, 0) is 13.0 Å². The molecule has 0 aromatic carbocycles. The zero-order chi connectivity index (χ0) is 10.7. The highest BCUT2D eigenvalue weighted by atomic mass is 16.5. The van der Waals surface area contributed by atoms with Gasteiger partial charge in [0.25, 0.3) is 0 Å². The van der Waals surface area contributed by atoms with E-state index in [1.807, 2.05) is 0 Å². The molecule has 0 aliphatic heterocycles. The molecule has 1 saturated carbocycles. The third-order valence-electron chi connectivity index (χ3n) is 2.87. The lowest BCUT2D eigenvalue weighted by Crippen LogP contribution is -2.22. The van der Waals surface area contributed by atoms with Gasteiger partial charge in [0, 0.05) is 12.5 Å². The van der Waals surface area contributed by atoms with Crippen molar-refractivity contribution < 1.29 is 4.52 Å². The second kappa shape index (κ2) is 4.75. The summed E-state index contributed by atoms with van der Waals surface area (Å²) in [5.41, 5.74) is 0. The zero-order valence-electron chi connectivity index (χ0n) is 9.49. The van der Waals surface area contributed by atoms with Crippen LogP contribution < -0.4 is 5.32 Å². The van der Waals surface area contributed by atoms with Gasteiger partial charge in [-0.15, -0.1) is 0 Å². The molecule has 4 heteroatoms. The molecule has 0 amide bonds. The van der Waals surface area contributed by atoms with Crippen LogP contribution in [0.25, 0.3) is 0 Å². The largest absolute Gasteiger partial charge is 0.339 e. The first-order valence-corrected chi connectivity index (χ1v) is 5.79. The van der Waals surface area contributed by atoms with Crippen LogP contribution in [0.2, 0.25) is 0 Å². The summed E-state index contributed by atoms with van der Waals surface area (Å²) in [4.78, 5) is 4.36. The highest BCUT2D eigenvalue weighted by molar-refractivity contribution is 4.89. The topological polar surface area (TPSA) is 51.0 Å². The van der Waals surface area contributed by atoms with Crippen LogP contribution in [0.1, 0.15) is 44.8 Å². The molecule has 0 atom stereocenters. The molecule has 1 N–H and O–H groups in total. The van der Waals surface area contributed by atoms with E-state index in [9.17, 15) is 0 Å². The van der Waals surface area contributed by atoms with E-state index in [2.05, 4.69) is 29.3 Å². The zero-order valence-corrected chi connectivity index (χ0v) is 9.49. The Morgan fingerprint density at radius 3 is 2.87 bits per heavy atom. The molecule has 0 unspecified atom stereocenters. The standard InChI is InChI=1S/C11H19N3O/c1-8(2)12-7-10-13-11(15-14-10)6-9-4-3-5-9/h8-9,12H,3-7H2,1-2H3. The average molecular weight is 209 g/mol. The van der Waals surface area contributed by atoms with Crippen LogP contribution in [-0.4, -0.2) is 16.2 Å². The fourth-order valence-electron chi connectivity index (χ4n) is 1.68. The summed E-state index contributed by atoms with van der Waals surface area (Å²) < 4.78 is 5.20. The molecule has 1 heterocycles. The van der Waals surface area contributed by atoms with E-state index in [1.165, 1.54) is 19.3 Å². The summed E-state index contributed by atoms with van der Waals surface area (Å²) in [6.07, 6.45) is 4.97. The number of hydrogen-bond donors (Lipinski definition) is 1. The van der Waals surface area contributed by atoms with Crippen molar-refractivity contribution in [2.45, 2.75) is 52.1 Å². The molecule has 0 spiro atoms. The van der Waals surface area contributed by atoms with Crippen molar-refractivity contribution >= 4 is 0 Å². The maximum atomic E-state index is 5.20. The number of nitrogens with zero attached hydrogens (tertiary/aromatic N) is 2.